The number of ether oxygens (including phenoxy) is 2. The van der Waals surface area contributed by atoms with Gasteiger partial charge in [0.15, 0.2) is 13.2 Å². The van der Waals surface area contributed by atoms with Gasteiger partial charge in [-0.2, -0.15) is 0 Å². The summed E-state index contributed by atoms with van der Waals surface area (Å²) in [6.45, 7) is 3.24. The third-order valence-corrected chi connectivity index (χ3v) is 4.19. The fraction of sp³-hybridized carbons (Fsp3) is 0.526. The monoisotopic (exact) mass is 362 g/mol. The van der Waals surface area contributed by atoms with Gasteiger partial charge in [-0.25, -0.2) is 9.59 Å². The molecule has 0 atom stereocenters. The number of para-hydroxylation sites is 1. The third kappa shape index (κ3) is 6.38. The summed E-state index contributed by atoms with van der Waals surface area (Å²) >= 11 is 0. The number of carbonyl (C=O) groups excluding carboxylic acids is 3. The number of nitrogens with one attached hydrogen (secondary N) is 2. The molecule has 1 aromatic carbocycles. The van der Waals surface area contributed by atoms with Crippen molar-refractivity contribution in [1.29, 1.82) is 0 Å². The first kappa shape index (κ1) is 19.8. The number of esters is 1. The van der Waals surface area contributed by atoms with Crippen LogP contribution in [0.3, 0.4) is 0 Å². The van der Waals surface area contributed by atoms with Gasteiger partial charge in [-0.05, 0) is 30.4 Å². The van der Waals surface area contributed by atoms with E-state index in [9.17, 15) is 14.4 Å². The number of urea groups is 1. The lowest BCUT2D eigenvalue weighted by molar-refractivity contribution is -0.150. The molecule has 3 amide bonds. The predicted octanol–water partition coefficient (Wildman–Crippen LogP) is 2.50. The van der Waals surface area contributed by atoms with Crippen molar-refractivity contribution in [3.63, 3.8) is 0 Å². The molecule has 1 fully saturated rings. The van der Waals surface area contributed by atoms with Gasteiger partial charge >= 0.3 is 12.0 Å². The van der Waals surface area contributed by atoms with Crippen molar-refractivity contribution in [1.82, 2.24) is 10.6 Å². The number of hydrogen-bond donors (Lipinski definition) is 2. The quantitative estimate of drug-likeness (QED) is 0.727. The Balaban J connectivity index is 1.68. The van der Waals surface area contributed by atoms with Crippen molar-refractivity contribution >= 4 is 17.9 Å². The van der Waals surface area contributed by atoms with Gasteiger partial charge in [-0.1, -0.05) is 44.9 Å². The molecule has 2 rings (SSSR count). The van der Waals surface area contributed by atoms with E-state index in [0.29, 0.717) is 5.75 Å². The Labute approximate surface area is 153 Å². The maximum Gasteiger partial charge on any atom is 0.344 e. The minimum atomic E-state index is -0.671. The number of benzene rings is 1. The van der Waals surface area contributed by atoms with E-state index in [1.165, 1.54) is 0 Å². The molecule has 0 spiro atoms. The summed E-state index contributed by atoms with van der Waals surface area (Å²) in [5.74, 6) is -0.474. The topological polar surface area (TPSA) is 93.7 Å². The van der Waals surface area contributed by atoms with Crippen molar-refractivity contribution < 1.29 is 23.9 Å². The summed E-state index contributed by atoms with van der Waals surface area (Å²) in [6.07, 6.45) is 4.00. The molecule has 0 aromatic heterocycles. The minimum absolute atomic E-state index is 0.111. The minimum Gasteiger partial charge on any atom is -0.482 e. The Morgan fingerprint density at radius 2 is 1.81 bits per heavy atom. The van der Waals surface area contributed by atoms with E-state index < -0.39 is 24.5 Å². The molecule has 0 unspecified atom stereocenters. The van der Waals surface area contributed by atoms with Crippen LogP contribution >= 0.6 is 0 Å². The van der Waals surface area contributed by atoms with Gasteiger partial charge in [0.2, 0.25) is 0 Å². The molecule has 0 heterocycles. The molecular formula is C19H26N2O5. The second-order valence-electron chi connectivity index (χ2n) is 6.64. The zero-order chi connectivity index (χ0) is 18.9. The van der Waals surface area contributed by atoms with Crippen LogP contribution in [0.2, 0.25) is 0 Å². The fourth-order valence-corrected chi connectivity index (χ4v) is 2.87. The molecule has 1 aliphatic rings. The summed E-state index contributed by atoms with van der Waals surface area (Å²) in [5, 5.41) is 4.88. The van der Waals surface area contributed by atoms with Crippen LogP contribution in [0, 0.1) is 0 Å². The maximum absolute atomic E-state index is 11.7. The largest absolute Gasteiger partial charge is 0.482 e. The molecular weight excluding hydrogens is 336 g/mol. The third-order valence-electron chi connectivity index (χ3n) is 4.19. The van der Waals surface area contributed by atoms with Crippen LogP contribution < -0.4 is 15.4 Å². The van der Waals surface area contributed by atoms with E-state index in [1.54, 1.807) is 6.07 Å². The van der Waals surface area contributed by atoms with Gasteiger partial charge in [-0.3, -0.25) is 10.1 Å². The fourth-order valence-electron chi connectivity index (χ4n) is 2.87. The van der Waals surface area contributed by atoms with Crippen LogP contribution in [0.1, 0.15) is 51.0 Å². The van der Waals surface area contributed by atoms with Crippen molar-refractivity contribution in [2.24, 2.45) is 0 Å². The zero-order valence-electron chi connectivity index (χ0n) is 15.2. The van der Waals surface area contributed by atoms with Crippen LogP contribution in [0.4, 0.5) is 4.79 Å². The van der Waals surface area contributed by atoms with Crippen LogP contribution in [0.5, 0.6) is 5.75 Å². The van der Waals surface area contributed by atoms with Gasteiger partial charge in [0.25, 0.3) is 5.91 Å². The van der Waals surface area contributed by atoms with Crippen LogP contribution in [0.15, 0.2) is 24.3 Å². The van der Waals surface area contributed by atoms with E-state index in [2.05, 4.69) is 10.6 Å². The molecule has 1 saturated carbocycles. The van der Waals surface area contributed by atoms with Crippen molar-refractivity contribution in [3.05, 3.63) is 29.8 Å². The average molecular weight is 362 g/mol. The van der Waals surface area contributed by atoms with E-state index in [4.69, 9.17) is 9.47 Å². The molecule has 7 heteroatoms. The number of rotatable bonds is 7. The Hall–Kier alpha value is -2.57. The molecule has 2 N–H and O–H groups in total. The Kier molecular flexibility index (Phi) is 7.44. The smallest absolute Gasteiger partial charge is 0.344 e. The molecule has 0 bridgehead atoms. The highest BCUT2D eigenvalue weighted by molar-refractivity contribution is 5.95. The van der Waals surface area contributed by atoms with Crippen LogP contribution in [-0.4, -0.2) is 37.2 Å². The highest BCUT2D eigenvalue weighted by Crippen LogP contribution is 2.25. The SMILES string of the molecule is CC(C)c1ccccc1OCC(=O)OCC(=O)NC(=O)NC1CCCC1. The number of imide groups is 1. The predicted molar refractivity (Wildman–Crippen MR) is 95.9 cm³/mol. The van der Waals surface area contributed by atoms with E-state index in [0.717, 1.165) is 31.2 Å². The highest BCUT2D eigenvalue weighted by atomic mass is 16.6. The Morgan fingerprint density at radius 3 is 2.50 bits per heavy atom. The molecule has 0 radical (unpaired) electrons. The van der Waals surface area contributed by atoms with E-state index in [1.807, 2.05) is 32.0 Å². The molecule has 0 saturated heterocycles. The molecule has 0 aliphatic heterocycles. The summed E-state index contributed by atoms with van der Waals surface area (Å²) in [5.41, 5.74) is 0.988. The number of carbonyl (C=O) groups is 3. The van der Waals surface area contributed by atoms with E-state index in [-0.39, 0.29) is 18.6 Å². The van der Waals surface area contributed by atoms with Gasteiger partial charge in [0, 0.05) is 6.04 Å². The first-order valence-corrected chi connectivity index (χ1v) is 8.93. The number of hydrogen-bond acceptors (Lipinski definition) is 5. The summed E-state index contributed by atoms with van der Waals surface area (Å²) < 4.78 is 10.3. The Bertz CT molecular complexity index is 639. The second-order valence-corrected chi connectivity index (χ2v) is 6.64. The summed E-state index contributed by atoms with van der Waals surface area (Å²) in [4.78, 5) is 35.1. The normalized spacial score (nSPS) is 14.1. The average Bonchev–Trinajstić information content (AvgIpc) is 3.11. The first-order chi connectivity index (χ1) is 12.5. The zero-order valence-corrected chi connectivity index (χ0v) is 15.2. The number of amides is 3. The molecule has 142 valence electrons. The summed E-state index contributed by atoms with van der Waals surface area (Å²) in [6, 6.07) is 6.99. The van der Waals surface area contributed by atoms with E-state index >= 15 is 0 Å². The van der Waals surface area contributed by atoms with Crippen LogP contribution in [-0.2, 0) is 14.3 Å². The van der Waals surface area contributed by atoms with Crippen molar-refractivity contribution in [3.8, 4) is 5.75 Å². The lowest BCUT2D eigenvalue weighted by Gasteiger charge is -2.14. The maximum atomic E-state index is 11.7. The van der Waals surface area contributed by atoms with Crippen LogP contribution in [0.25, 0.3) is 0 Å². The molecule has 26 heavy (non-hydrogen) atoms. The van der Waals surface area contributed by atoms with Gasteiger partial charge in [0.05, 0.1) is 0 Å². The van der Waals surface area contributed by atoms with Gasteiger partial charge < -0.3 is 14.8 Å². The highest BCUT2D eigenvalue weighted by Gasteiger charge is 2.18. The standard InChI is InChI=1S/C19H26N2O5/c1-13(2)15-9-5-6-10-16(15)25-12-18(23)26-11-17(22)21-19(24)20-14-7-3-4-8-14/h5-6,9-10,13-14H,3-4,7-8,11-12H2,1-2H3,(H2,20,21,22,24). The van der Waals surface area contributed by atoms with Gasteiger partial charge in [0.1, 0.15) is 5.75 Å². The lowest BCUT2D eigenvalue weighted by Crippen LogP contribution is -2.45. The molecule has 1 aliphatic carbocycles. The molecule has 7 nitrogen and oxygen atoms in total. The van der Waals surface area contributed by atoms with Gasteiger partial charge in [-0.15, -0.1) is 0 Å². The molecule has 1 aromatic rings. The Morgan fingerprint density at radius 1 is 1.12 bits per heavy atom. The lowest BCUT2D eigenvalue weighted by atomic mass is 10.0. The second kappa shape index (κ2) is 9.79. The van der Waals surface area contributed by atoms with Crippen molar-refractivity contribution in [2.75, 3.05) is 13.2 Å². The van der Waals surface area contributed by atoms with Crippen molar-refractivity contribution in [2.45, 2.75) is 51.5 Å². The summed E-state index contributed by atoms with van der Waals surface area (Å²) in [7, 11) is 0. The first-order valence-electron chi connectivity index (χ1n) is 8.93.